The summed E-state index contributed by atoms with van der Waals surface area (Å²) >= 11 is 1.79. The second-order valence-electron chi connectivity index (χ2n) is 5.68. The fourth-order valence-corrected chi connectivity index (χ4v) is 3.79. The number of hydrogen-bond acceptors (Lipinski definition) is 4. The van der Waals surface area contributed by atoms with E-state index < -0.39 is 0 Å². The van der Waals surface area contributed by atoms with E-state index in [9.17, 15) is 0 Å². The average Bonchev–Trinajstić information content (AvgIpc) is 3.18. The van der Waals surface area contributed by atoms with Gasteiger partial charge >= 0.3 is 0 Å². The summed E-state index contributed by atoms with van der Waals surface area (Å²) in [5.74, 6) is 0. The van der Waals surface area contributed by atoms with Crippen molar-refractivity contribution in [2.45, 2.75) is 33.0 Å². The van der Waals surface area contributed by atoms with Gasteiger partial charge in [-0.1, -0.05) is 0 Å². The molecule has 0 unspecified atom stereocenters. The molecule has 3 heterocycles. The Labute approximate surface area is 131 Å². The highest BCUT2D eigenvalue weighted by Gasteiger charge is 2.22. The van der Waals surface area contributed by atoms with Gasteiger partial charge in [-0.25, -0.2) is 0 Å². The van der Waals surface area contributed by atoms with Crippen LogP contribution in [0.2, 0.25) is 0 Å². The average molecular weight is 304 g/mol. The van der Waals surface area contributed by atoms with Gasteiger partial charge in [0.25, 0.3) is 0 Å². The van der Waals surface area contributed by atoms with E-state index in [0.717, 1.165) is 39.3 Å². The normalized spacial score (nSPS) is 19.0. The summed E-state index contributed by atoms with van der Waals surface area (Å²) in [6, 6.07) is 4.94. The Morgan fingerprint density at radius 2 is 2.05 bits per heavy atom. The zero-order valence-electron chi connectivity index (χ0n) is 12.9. The van der Waals surface area contributed by atoms with Crippen LogP contribution in [0.15, 0.2) is 29.1 Å². The van der Waals surface area contributed by atoms with Crippen molar-refractivity contribution in [3.63, 3.8) is 0 Å². The second-order valence-corrected chi connectivity index (χ2v) is 6.46. The van der Waals surface area contributed by atoms with Crippen molar-refractivity contribution >= 4 is 11.3 Å². The Bertz CT molecular complexity index is 540. The molecule has 1 aliphatic rings. The number of hydrogen-bond donors (Lipinski definition) is 0. The fourth-order valence-electron chi connectivity index (χ4n) is 3.04. The van der Waals surface area contributed by atoms with Crippen molar-refractivity contribution in [3.05, 3.63) is 40.3 Å². The smallest absolute Gasteiger partial charge is 0.0524 e. The molecule has 0 amide bonds. The van der Waals surface area contributed by atoms with E-state index in [1.807, 2.05) is 6.20 Å². The van der Waals surface area contributed by atoms with Gasteiger partial charge in [-0.15, -0.1) is 0 Å². The monoisotopic (exact) mass is 304 g/mol. The van der Waals surface area contributed by atoms with Crippen LogP contribution in [0.3, 0.4) is 0 Å². The lowest BCUT2D eigenvalue weighted by molar-refractivity contribution is 0.0962. The Morgan fingerprint density at radius 3 is 2.71 bits per heavy atom. The van der Waals surface area contributed by atoms with Gasteiger partial charge in [0.15, 0.2) is 0 Å². The predicted molar refractivity (Wildman–Crippen MR) is 87.5 cm³/mol. The Morgan fingerprint density at radius 1 is 1.24 bits per heavy atom. The summed E-state index contributed by atoms with van der Waals surface area (Å²) in [7, 11) is 0. The maximum Gasteiger partial charge on any atom is 0.0524 e. The number of aromatic nitrogens is 2. The lowest BCUT2D eigenvalue weighted by atomic mass is 10.1. The molecule has 0 aliphatic carbocycles. The van der Waals surface area contributed by atoms with Crippen LogP contribution in [-0.2, 0) is 13.1 Å². The molecule has 1 aliphatic heterocycles. The first-order chi connectivity index (χ1) is 10.3. The second kappa shape index (κ2) is 6.73. The molecular weight excluding hydrogens is 280 g/mol. The minimum Gasteiger partial charge on any atom is -0.295 e. The molecule has 1 fully saturated rings. The van der Waals surface area contributed by atoms with Crippen LogP contribution < -0.4 is 0 Å². The molecule has 0 spiro atoms. The van der Waals surface area contributed by atoms with Gasteiger partial charge in [0, 0.05) is 51.5 Å². The molecule has 0 bridgehead atoms. The van der Waals surface area contributed by atoms with Crippen molar-refractivity contribution < 1.29 is 0 Å². The Hall–Kier alpha value is -1.17. The largest absolute Gasteiger partial charge is 0.295 e. The van der Waals surface area contributed by atoms with Gasteiger partial charge in [0.2, 0.25) is 0 Å². The van der Waals surface area contributed by atoms with E-state index in [1.165, 1.54) is 11.3 Å². The summed E-state index contributed by atoms with van der Waals surface area (Å²) < 4.78 is 2.10. The van der Waals surface area contributed by atoms with Crippen molar-refractivity contribution in [2.75, 3.05) is 26.2 Å². The van der Waals surface area contributed by atoms with Crippen LogP contribution in [-0.4, -0.2) is 45.8 Å². The fraction of sp³-hybridized carbons (Fsp3) is 0.562. The van der Waals surface area contributed by atoms with Crippen LogP contribution in [0.5, 0.6) is 0 Å². The molecular formula is C16H24N4S. The number of aryl methyl sites for hydroxylation is 1. The first-order valence-corrected chi connectivity index (χ1v) is 8.71. The molecule has 5 heteroatoms. The zero-order valence-corrected chi connectivity index (χ0v) is 13.7. The number of nitrogens with zero attached hydrogens (tertiary/aromatic N) is 4. The molecule has 114 valence electrons. The Balaban J connectivity index is 1.53. The van der Waals surface area contributed by atoms with E-state index in [2.05, 4.69) is 56.3 Å². The third-order valence-corrected chi connectivity index (χ3v) is 5.17. The van der Waals surface area contributed by atoms with Crippen molar-refractivity contribution in [1.29, 1.82) is 0 Å². The Kier molecular flexibility index (Phi) is 4.73. The van der Waals surface area contributed by atoms with E-state index in [1.54, 1.807) is 11.3 Å². The zero-order chi connectivity index (χ0) is 14.7. The highest BCUT2D eigenvalue weighted by Crippen LogP contribution is 2.23. The van der Waals surface area contributed by atoms with Gasteiger partial charge in [-0.3, -0.25) is 14.5 Å². The molecule has 1 saturated heterocycles. The van der Waals surface area contributed by atoms with Crippen LogP contribution in [0.4, 0.5) is 0 Å². The van der Waals surface area contributed by atoms with E-state index >= 15 is 0 Å². The molecule has 0 aromatic carbocycles. The topological polar surface area (TPSA) is 24.3 Å². The summed E-state index contributed by atoms with van der Waals surface area (Å²) in [6.07, 6.45) is 1.91. The highest BCUT2D eigenvalue weighted by atomic mass is 32.1. The molecule has 1 atom stereocenters. The van der Waals surface area contributed by atoms with Crippen molar-refractivity contribution in [1.82, 2.24) is 19.6 Å². The van der Waals surface area contributed by atoms with E-state index in [0.29, 0.717) is 6.04 Å². The SMILES string of the molecule is CCn1nccc1CN1CCN([C@H](C)c2ccsc2)CC1. The first kappa shape index (κ1) is 14.8. The molecule has 3 rings (SSSR count). The van der Waals surface area contributed by atoms with Gasteiger partial charge < -0.3 is 0 Å². The summed E-state index contributed by atoms with van der Waals surface area (Å²) in [4.78, 5) is 5.13. The minimum atomic E-state index is 0.541. The third-order valence-electron chi connectivity index (χ3n) is 4.47. The van der Waals surface area contributed by atoms with E-state index in [-0.39, 0.29) is 0 Å². The molecule has 4 nitrogen and oxygen atoms in total. The first-order valence-electron chi connectivity index (χ1n) is 7.77. The molecule has 0 N–H and O–H groups in total. The maximum absolute atomic E-state index is 4.36. The van der Waals surface area contributed by atoms with Gasteiger partial charge in [0.05, 0.1) is 5.69 Å². The maximum atomic E-state index is 4.36. The number of rotatable bonds is 5. The quantitative estimate of drug-likeness (QED) is 0.849. The van der Waals surface area contributed by atoms with Gasteiger partial charge in [-0.2, -0.15) is 16.4 Å². The van der Waals surface area contributed by atoms with Gasteiger partial charge in [-0.05, 0) is 42.3 Å². The summed E-state index contributed by atoms with van der Waals surface area (Å²) in [6.45, 7) is 11.0. The van der Waals surface area contributed by atoms with Crippen LogP contribution >= 0.6 is 11.3 Å². The molecule has 2 aromatic heterocycles. The molecule has 0 radical (unpaired) electrons. The lowest BCUT2D eigenvalue weighted by Crippen LogP contribution is -2.46. The van der Waals surface area contributed by atoms with Crippen LogP contribution in [0.25, 0.3) is 0 Å². The molecule has 0 saturated carbocycles. The van der Waals surface area contributed by atoms with Crippen molar-refractivity contribution in [3.8, 4) is 0 Å². The minimum absolute atomic E-state index is 0.541. The number of piperazine rings is 1. The van der Waals surface area contributed by atoms with E-state index in [4.69, 9.17) is 0 Å². The van der Waals surface area contributed by atoms with Crippen LogP contribution in [0.1, 0.15) is 31.1 Å². The van der Waals surface area contributed by atoms with Gasteiger partial charge in [0.1, 0.15) is 0 Å². The lowest BCUT2D eigenvalue weighted by Gasteiger charge is -2.38. The number of thiophene rings is 1. The van der Waals surface area contributed by atoms with Crippen LogP contribution in [0, 0.1) is 0 Å². The molecule has 2 aromatic rings. The summed E-state index contributed by atoms with van der Waals surface area (Å²) in [5, 5.41) is 8.81. The predicted octanol–water partition coefficient (Wildman–Crippen LogP) is 2.84. The van der Waals surface area contributed by atoms with Crippen molar-refractivity contribution in [2.24, 2.45) is 0 Å². The highest BCUT2D eigenvalue weighted by molar-refractivity contribution is 7.07. The summed E-state index contributed by atoms with van der Waals surface area (Å²) in [5.41, 5.74) is 2.79. The third kappa shape index (κ3) is 3.36. The molecule has 21 heavy (non-hydrogen) atoms. The standard InChI is InChI=1S/C16H24N4S/c1-3-20-16(4-6-17-20)12-18-7-9-19(10-8-18)14(2)15-5-11-21-13-15/h4-6,11,13-14H,3,7-10,12H2,1-2H3/t14-/m1/s1.